The predicted molar refractivity (Wildman–Crippen MR) is 86.4 cm³/mol. The maximum atomic E-state index is 14.0. The van der Waals surface area contributed by atoms with Crippen molar-refractivity contribution in [1.82, 2.24) is 19.8 Å². The Morgan fingerprint density at radius 2 is 1.95 bits per heavy atom. The highest BCUT2D eigenvalue weighted by molar-refractivity contribution is 7.99. The number of hydrogen-bond acceptors (Lipinski definition) is 4. The fraction of sp³-hybridized carbons (Fsp3) is 0.312. The van der Waals surface area contributed by atoms with Gasteiger partial charge in [-0.1, -0.05) is 26.0 Å². The van der Waals surface area contributed by atoms with Crippen LogP contribution in [0.3, 0.4) is 0 Å². The molecule has 0 amide bonds. The summed E-state index contributed by atoms with van der Waals surface area (Å²) < 4.78 is 15.6. The molecule has 2 heterocycles. The van der Waals surface area contributed by atoms with E-state index in [4.69, 9.17) is 0 Å². The number of hydrogen-bond donors (Lipinski definition) is 0. The van der Waals surface area contributed by atoms with Crippen LogP contribution in [0, 0.1) is 11.7 Å². The van der Waals surface area contributed by atoms with Gasteiger partial charge in [0, 0.05) is 0 Å². The van der Waals surface area contributed by atoms with Crippen LogP contribution in [-0.2, 0) is 0 Å². The van der Waals surface area contributed by atoms with Gasteiger partial charge < -0.3 is 0 Å². The second-order valence-electron chi connectivity index (χ2n) is 5.48. The fourth-order valence-corrected chi connectivity index (χ4v) is 3.16. The lowest BCUT2D eigenvalue weighted by molar-refractivity contribution is 0.628. The van der Waals surface area contributed by atoms with Crippen LogP contribution in [-0.4, -0.2) is 25.6 Å². The summed E-state index contributed by atoms with van der Waals surface area (Å²) in [6.45, 7) is 4.40. The molecule has 0 N–H and O–H groups in total. The van der Waals surface area contributed by atoms with Crippen LogP contribution in [0.15, 0.2) is 41.4 Å². The molecular formula is C16H17FN4S. The van der Waals surface area contributed by atoms with E-state index in [0.29, 0.717) is 23.0 Å². The zero-order valence-electron chi connectivity index (χ0n) is 12.5. The zero-order valence-corrected chi connectivity index (χ0v) is 13.3. The van der Waals surface area contributed by atoms with Gasteiger partial charge >= 0.3 is 0 Å². The average molecular weight is 316 g/mol. The molecular weight excluding hydrogens is 299 g/mol. The minimum atomic E-state index is -0.323. The summed E-state index contributed by atoms with van der Waals surface area (Å²) in [6, 6.07) is 10.3. The van der Waals surface area contributed by atoms with Gasteiger partial charge in [0.1, 0.15) is 10.8 Å². The smallest absolute Gasteiger partial charge is 0.188 e. The first-order valence-corrected chi connectivity index (χ1v) is 8.24. The van der Waals surface area contributed by atoms with Crippen molar-refractivity contribution in [3.8, 4) is 11.4 Å². The molecule has 4 nitrogen and oxygen atoms in total. The number of rotatable bonds is 5. The number of aromatic nitrogens is 4. The summed E-state index contributed by atoms with van der Waals surface area (Å²) in [5, 5.41) is 13.6. The summed E-state index contributed by atoms with van der Waals surface area (Å²) in [7, 11) is 0. The third-order valence-electron chi connectivity index (χ3n) is 3.30. The van der Waals surface area contributed by atoms with Crippen molar-refractivity contribution in [2.75, 3.05) is 5.75 Å². The fourth-order valence-electron chi connectivity index (χ4n) is 2.06. The summed E-state index contributed by atoms with van der Waals surface area (Å²) >= 11 is 1.69. The average Bonchev–Trinajstić information content (AvgIpc) is 2.90. The van der Waals surface area contributed by atoms with Crippen molar-refractivity contribution in [3.05, 3.63) is 42.2 Å². The molecule has 2 aromatic heterocycles. The van der Waals surface area contributed by atoms with Crippen LogP contribution in [0.4, 0.5) is 4.39 Å². The minimum Gasteiger partial charge on any atom is -0.206 e. The molecule has 0 bridgehead atoms. The Bertz CT molecular complexity index is 785. The Morgan fingerprint density at radius 3 is 2.73 bits per heavy atom. The third kappa shape index (κ3) is 3.11. The lowest BCUT2D eigenvalue weighted by Gasteiger charge is -2.05. The number of halogens is 1. The third-order valence-corrected chi connectivity index (χ3v) is 4.25. The van der Waals surface area contributed by atoms with E-state index in [2.05, 4.69) is 29.1 Å². The van der Waals surface area contributed by atoms with Gasteiger partial charge in [-0.15, -0.1) is 22.0 Å². The molecule has 0 aliphatic carbocycles. The zero-order chi connectivity index (χ0) is 15.5. The second-order valence-corrected chi connectivity index (χ2v) is 6.59. The molecule has 1 aromatic carbocycles. The van der Waals surface area contributed by atoms with Crippen LogP contribution >= 0.6 is 11.8 Å². The molecule has 0 unspecified atom stereocenters. The molecule has 0 atom stereocenters. The predicted octanol–water partition coefficient (Wildman–Crippen LogP) is 4.07. The Hall–Kier alpha value is -1.95. The number of nitrogens with zero attached hydrogens (tertiary/aromatic N) is 4. The van der Waals surface area contributed by atoms with E-state index in [0.717, 1.165) is 17.2 Å². The monoisotopic (exact) mass is 316 g/mol. The molecule has 0 saturated heterocycles. The van der Waals surface area contributed by atoms with Gasteiger partial charge in [0.2, 0.25) is 0 Å². The van der Waals surface area contributed by atoms with Gasteiger partial charge in [0.05, 0.1) is 5.56 Å². The van der Waals surface area contributed by atoms with Crippen molar-refractivity contribution in [2.45, 2.75) is 25.3 Å². The molecule has 0 radical (unpaired) electrons. The van der Waals surface area contributed by atoms with Gasteiger partial charge in [-0.05, 0) is 42.4 Å². The van der Waals surface area contributed by atoms with Crippen molar-refractivity contribution in [2.24, 2.45) is 5.92 Å². The minimum absolute atomic E-state index is 0.323. The summed E-state index contributed by atoms with van der Waals surface area (Å²) in [4.78, 5) is 0. The van der Waals surface area contributed by atoms with E-state index in [1.54, 1.807) is 34.5 Å². The Labute approximate surface area is 132 Å². The summed E-state index contributed by atoms with van der Waals surface area (Å²) in [5.41, 5.74) is 1.03. The van der Waals surface area contributed by atoms with Crippen LogP contribution in [0.5, 0.6) is 0 Å². The summed E-state index contributed by atoms with van der Waals surface area (Å²) in [5.74, 6) is 1.78. The topological polar surface area (TPSA) is 43.1 Å². The molecule has 114 valence electrons. The maximum absolute atomic E-state index is 14.0. The number of fused-ring (bicyclic) bond motifs is 1. The molecule has 3 rings (SSSR count). The first-order valence-electron chi connectivity index (χ1n) is 7.25. The molecule has 0 aliphatic heterocycles. The van der Waals surface area contributed by atoms with E-state index in [1.165, 1.54) is 6.07 Å². The van der Waals surface area contributed by atoms with Crippen molar-refractivity contribution in [3.63, 3.8) is 0 Å². The number of benzene rings is 1. The molecule has 0 fully saturated rings. The number of thioether (sulfide) groups is 1. The molecule has 6 heteroatoms. The molecule has 3 aromatic rings. The van der Waals surface area contributed by atoms with Gasteiger partial charge in [0.25, 0.3) is 0 Å². The van der Waals surface area contributed by atoms with Crippen molar-refractivity contribution >= 4 is 17.4 Å². The Morgan fingerprint density at radius 1 is 1.14 bits per heavy atom. The molecule has 22 heavy (non-hydrogen) atoms. The highest BCUT2D eigenvalue weighted by Crippen LogP contribution is 2.23. The van der Waals surface area contributed by atoms with Crippen molar-refractivity contribution in [1.29, 1.82) is 0 Å². The SMILES string of the molecule is CC(C)CCSc1ccc2nnc(-c3ccccc3F)n2n1. The van der Waals surface area contributed by atoms with Crippen LogP contribution in [0.1, 0.15) is 20.3 Å². The van der Waals surface area contributed by atoms with E-state index in [1.807, 2.05) is 12.1 Å². The van der Waals surface area contributed by atoms with E-state index in [9.17, 15) is 4.39 Å². The van der Waals surface area contributed by atoms with Crippen LogP contribution in [0.2, 0.25) is 0 Å². The first kappa shape index (κ1) is 15.0. The largest absolute Gasteiger partial charge is 0.206 e. The van der Waals surface area contributed by atoms with Crippen LogP contribution < -0.4 is 0 Å². The second kappa shape index (κ2) is 6.44. The normalized spacial score (nSPS) is 11.5. The molecule has 0 saturated carbocycles. The molecule has 0 spiro atoms. The standard InChI is InChI=1S/C16H17FN4S/c1-11(2)9-10-22-15-8-7-14-18-19-16(21(14)20-15)12-5-3-4-6-13(12)17/h3-8,11H,9-10H2,1-2H3. The van der Waals surface area contributed by atoms with Crippen LogP contribution in [0.25, 0.3) is 17.0 Å². The lowest BCUT2D eigenvalue weighted by Crippen LogP contribution is -1.98. The van der Waals surface area contributed by atoms with E-state index >= 15 is 0 Å². The van der Waals surface area contributed by atoms with E-state index < -0.39 is 0 Å². The van der Waals surface area contributed by atoms with Crippen molar-refractivity contribution < 1.29 is 4.39 Å². The lowest BCUT2D eigenvalue weighted by atomic mass is 10.2. The van der Waals surface area contributed by atoms with E-state index in [-0.39, 0.29) is 5.82 Å². The quantitative estimate of drug-likeness (QED) is 0.666. The maximum Gasteiger partial charge on any atom is 0.188 e. The van der Waals surface area contributed by atoms with Gasteiger partial charge in [-0.25, -0.2) is 4.39 Å². The van der Waals surface area contributed by atoms with Gasteiger partial charge in [0.15, 0.2) is 11.5 Å². The highest BCUT2D eigenvalue weighted by Gasteiger charge is 2.13. The Balaban J connectivity index is 1.94. The van der Waals surface area contributed by atoms with Gasteiger partial charge in [-0.3, -0.25) is 0 Å². The first-order chi connectivity index (χ1) is 10.6. The van der Waals surface area contributed by atoms with Gasteiger partial charge in [-0.2, -0.15) is 9.61 Å². The highest BCUT2D eigenvalue weighted by atomic mass is 32.2. The summed E-state index contributed by atoms with van der Waals surface area (Å²) in [6.07, 6.45) is 1.13. The molecule has 0 aliphatic rings. The Kier molecular flexibility index (Phi) is 4.38.